The van der Waals surface area contributed by atoms with E-state index in [-0.39, 0.29) is 11.7 Å². The lowest BCUT2D eigenvalue weighted by Gasteiger charge is -2.18. The van der Waals surface area contributed by atoms with Crippen LogP contribution in [0.15, 0.2) is 84.9 Å². The van der Waals surface area contributed by atoms with Gasteiger partial charge in [-0.05, 0) is 59.7 Å². The Bertz CT molecular complexity index is 1280. The summed E-state index contributed by atoms with van der Waals surface area (Å²) in [5.41, 5.74) is 6.03. The van der Waals surface area contributed by atoms with Gasteiger partial charge in [0.2, 0.25) is 0 Å². The summed E-state index contributed by atoms with van der Waals surface area (Å²) in [6.45, 7) is 11.1. The molecule has 0 amide bonds. The molecule has 4 aromatic carbocycles. The molecule has 5 heteroatoms. The number of hydrogen-bond acceptors (Lipinski definition) is 5. The highest BCUT2D eigenvalue weighted by Crippen LogP contribution is 2.37. The molecule has 5 nitrogen and oxygen atoms in total. The van der Waals surface area contributed by atoms with E-state index in [1.807, 2.05) is 93.6 Å². The second-order valence-electron chi connectivity index (χ2n) is 10.2. The molecule has 4 rings (SSSR count). The SMILES string of the molecule is CC(C)c1c(OCc2ccccc2)ccc(C=O)c1O.Cc1c(C=O)ccc(OCc2ccccc2)c1C(C)C. The highest BCUT2D eigenvalue weighted by molar-refractivity contribution is 5.81. The molecule has 0 aliphatic rings. The summed E-state index contributed by atoms with van der Waals surface area (Å²) in [6, 6.07) is 26.9. The summed E-state index contributed by atoms with van der Waals surface area (Å²) in [5, 5.41) is 10.1. The highest BCUT2D eigenvalue weighted by Gasteiger charge is 2.17. The van der Waals surface area contributed by atoms with Gasteiger partial charge in [0.25, 0.3) is 0 Å². The zero-order chi connectivity index (χ0) is 29.1. The zero-order valence-corrected chi connectivity index (χ0v) is 23.9. The van der Waals surface area contributed by atoms with Gasteiger partial charge >= 0.3 is 0 Å². The summed E-state index contributed by atoms with van der Waals surface area (Å²) in [4.78, 5) is 21.9. The molecular weight excluding hydrogens is 500 g/mol. The van der Waals surface area contributed by atoms with E-state index >= 15 is 0 Å². The van der Waals surface area contributed by atoms with Crippen LogP contribution in [0.2, 0.25) is 0 Å². The van der Waals surface area contributed by atoms with Gasteiger partial charge in [-0.3, -0.25) is 9.59 Å². The van der Waals surface area contributed by atoms with Crippen LogP contribution in [0.4, 0.5) is 0 Å². The van der Waals surface area contributed by atoms with E-state index in [9.17, 15) is 14.7 Å². The first kappa shape index (κ1) is 30.2. The van der Waals surface area contributed by atoms with Gasteiger partial charge in [-0.25, -0.2) is 0 Å². The molecule has 208 valence electrons. The molecular formula is C35H38O5. The predicted molar refractivity (Wildman–Crippen MR) is 160 cm³/mol. The van der Waals surface area contributed by atoms with Crippen molar-refractivity contribution in [2.24, 2.45) is 0 Å². The van der Waals surface area contributed by atoms with Crippen LogP contribution in [-0.4, -0.2) is 17.7 Å². The van der Waals surface area contributed by atoms with Crippen LogP contribution in [0, 0.1) is 6.92 Å². The van der Waals surface area contributed by atoms with Gasteiger partial charge in [0.1, 0.15) is 36.7 Å². The number of aldehydes is 2. The first-order valence-corrected chi connectivity index (χ1v) is 13.5. The van der Waals surface area contributed by atoms with Gasteiger partial charge in [0.05, 0.1) is 5.56 Å². The van der Waals surface area contributed by atoms with E-state index in [1.165, 1.54) is 0 Å². The quantitative estimate of drug-likeness (QED) is 0.205. The number of rotatable bonds is 10. The standard InChI is InChI=1S/C18H20O2.C17H18O3/c1-13(2)18-14(3)16(11-19)9-10-17(18)20-12-15-7-5-4-6-8-15;1-12(2)16-15(9-8-14(10-18)17(16)19)20-11-13-6-4-3-5-7-13/h4-11,13H,12H2,1-3H3;3-10,12,19H,11H2,1-2H3. The molecule has 0 atom stereocenters. The number of carbonyl (C=O) groups is 2. The van der Waals surface area contributed by atoms with Crippen molar-refractivity contribution in [2.45, 2.75) is 59.7 Å². The van der Waals surface area contributed by atoms with Crippen molar-refractivity contribution in [3.63, 3.8) is 0 Å². The highest BCUT2D eigenvalue weighted by atomic mass is 16.5. The minimum Gasteiger partial charge on any atom is -0.507 e. The van der Waals surface area contributed by atoms with Crippen LogP contribution in [0.3, 0.4) is 0 Å². The van der Waals surface area contributed by atoms with Crippen molar-refractivity contribution in [1.82, 2.24) is 0 Å². The first-order valence-electron chi connectivity index (χ1n) is 13.5. The maximum Gasteiger partial charge on any atom is 0.153 e. The van der Waals surface area contributed by atoms with E-state index < -0.39 is 0 Å². The van der Waals surface area contributed by atoms with Gasteiger partial charge in [-0.2, -0.15) is 0 Å². The minimum absolute atomic E-state index is 0.0144. The summed E-state index contributed by atoms with van der Waals surface area (Å²) < 4.78 is 11.7. The molecule has 0 aromatic heterocycles. The zero-order valence-electron chi connectivity index (χ0n) is 23.9. The van der Waals surface area contributed by atoms with Crippen LogP contribution >= 0.6 is 0 Å². The number of aromatic hydroxyl groups is 1. The number of phenols is 1. The lowest BCUT2D eigenvalue weighted by atomic mass is 9.93. The topological polar surface area (TPSA) is 72.8 Å². The van der Waals surface area contributed by atoms with E-state index in [1.54, 1.807) is 12.1 Å². The van der Waals surface area contributed by atoms with Crippen molar-refractivity contribution < 1.29 is 24.2 Å². The molecule has 0 saturated carbocycles. The fourth-order valence-electron chi connectivity index (χ4n) is 4.55. The number of benzene rings is 4. The van der Waals surface area contributed by atoms with Gasteiger partial charge in [0, 0.05) is 16.7 Å². The second kappa shape index (κ2) is 14.7. The van der Waals surface area contributed by atoms with Crippen molar-refractivity contribution >= 4 is 12.6 Å². The van der Waals surface area contributed by atoms with Gasteiger partial charge < -0.3 is 14.6 Å². The molecule has 0 heterocycles. The van der Waals surface area contributed by atoms with E-state index in [0.717, 1.165) is 39.9 Å². The third-order valence-corrected chi connectivity index (χ3v) is 6.61. The third-order valence-electron chi connectivity index (χ3n) is 6.61. The van der Waals surface area contributed by atoms with Crippen molar-refractivity contribution in [3.05, 3.63) is 124 Å². The molecule has 0 fully saturated rings. The lowest BCUT2D eigenvalue weighted by Crippen LogP contribution is -2.03. The monoisotopic (exact) mass is 538 g/mol. The molecule has 0 unspecified atom stereocenters. The van der Waals surface area contributed by atoms with Gasteiger partial charge in [-0.15, -0.1) is 0 Å². The summed E-state index contributed by atoms with van der Waals surface area (Å²) in [5.74, 6) is 1.89. The molecule has 4 aromatic rings. The molecule has 40 heavy (non-hydrogen) atoms. The Balaban J connectivity index is 0.000000220. The molecule has 1 N–H and O–H groups in total. The molecule has 0 bridgehead atoms. The number of phenolic OH excluding ortho intramolecular Hbond substituents is 1. The predicted octanol–water partition coefficient (Wildman–Crippen LogP) is 8.42. The molecule has 0 radical (unpaired) electrons. The van der Waals surface area contributed by atoms with Crippen LogP contribution < -0.4 is 9.47 Å². The molecule has 0 saturated heterocycles. The van der Waals surface area contributed by atoms with E-state index in [4.69, 9.17) is 9.47 Å². The van der Waals surface area contributed by atoms with Crippen LogP contribution in [0.1, 0.15) is 88.1 Å². The molecule has 0 aliphatic heterocycles. The summed E-state index contributed by atoms with van der Waals surface area (Å²) in [6.07, 6.45) is 1.56. The number of hydrogen-bond donors (Lipinski definition) is 1. The maximum absolute atomic E-state index is 11.1. The van der Waals surface area contributed by atoms with Crippen molar-refractivity contribution in [1.29, 1.82) is 0 Å². The third kappa shape index (κ3) is 7.82. The Labute approximate surface area is 237 Å². The average Bonchev–Trinajstić information content (AvgIpc) is 2.96. The second-order valence-corrected chi connectivity index (χ2v) is 10.2. The van der Waals surface area contributed by atoms with Crippen molar-refractivity contribution in [3.8, 4) is 17.2 Å². The smallest absolute Gasteiger partial charge is 0.153 e. The van der Waals surface area contributed by atoms with Crippen molar-refractivity contribution in [2.75, 3.05) is 0 Å². The summed E-state index contributed by atoms with van der Waals surface area (Å²) in [7, 11) is 0. The van der Waals surface area contributed by atoms with Crippen LogP contribution in [0.25, 0.3) is 0 Å². The molecule has 0 spiro atoms. The van der Waals surface area contributed by atoms with Gasteiger partial charge in [0.15, 0.2) is 6.29 Å². The lowest BCUT2D eigenvalue weighted by molar-refractivity contribution is 0.111. The Hall–Kier alpha value is -4.38. The number of carbonyl (C=O) groups excluding carboxylic acids is 2. The fourth-order valence-corrected chi connectivity index (χ4v) is 4.55. The van der Waals surface area contributed by atoms with Crippen LogP contribution in [-0.2, 0) is 13.2 Å². The number of ether oxygens (including phenoxy) is 2. The van der Waals surface area contributed by atoms with E-state index in [2.05, 4.69) is 13.8 Å². The molecule has 0 aliphatic carbocycles. The minimum atomic E-state index is 0.0144. The normalized spacial score (nSPS) is 10.6. The van der Waals surface area contributed by atoms with E-state index in [0.29, 0.717) is 42.3 Å². The largest absolute Gasteiger partial charge is 0.507 e. The summed E-state index contributed by atoms with van der Waals surface area (Å²) >= 11 is 0. The van der Waals surface area contributed by atoms with Gasteiger partial charge in [-0.1, -0.05) is 88.4 Å². The Morgan fingerprint density at radius 2 is 1.05 bits per heavy atom. The fraction of sp³-hybridized carbons (Fsp3) is 0.257. The average molecular weight is 539 g/mol. The Kier molecular flexibility index (Phi) is 11.1. The first-order chi connectivity index (χ1) is 19.3. The Morgan fingerprint density at radius 3 is 1.48 bits per heavy atom. The maximum atomic E-state index is 11.1. The Morgan fingerprint density at radius 1 is 0.625 bits per heavy atom. The van der Waals surface area contributed by atoms with Crippen LogP contribution in [0.5, 0.6) is 17.2 Å².